The molecule has 0 saturated carbocycles. The largest absolute Gasteiger partial charge is 0.388 e. The first-order chi connectivity index (χ1) is 4.63. The molecule has 1 aliphatic rings. The summed E-state index contributed by atoms with van der Waals surface area (Å²) in [6.07, 6.45) is 3.09. The minimum absolute atomic E-state index is 0.191. The van der Waals surface area contributed by atoms with Crippen LogP contribution < -0.4 is 0 Å². The Hall–Kier alpha value is -0.300. The molecule has 10 heavy (non-hydrogen) atoms. The van der Waals surface area contributed by atoms with Crippen LogP contribution in [0.5, 0.6) is 0 Å². The van der Waals surface area contributed by atoms with E-state index in [0.717, 1.165) is 12.0 Å². The molecule has 0 fully saturated rings. The lowest BCUT2D eigenvalue weighted by Gasteiger charge is -2.29. The minimum Gasteiger partial charge on any atom is -0.388 e. The third kappa shape index (κ3) is 1.24. The number of aliphatic hydroxyl groups is 1. The van der Waals surface area contributed by atoms with Crippen molar-refractivity contribution in [2.75, 3.05) is 0 Å². The fourth-order valence-electron chi connectivity index (χ4n) is 1.43. The summed E-state index contributed by atoms with van der Waals surface area (Å²) in [5.41, 5.74) is 1.14. The Morgan fingerprint density at radius 3 is 2.60 bits per heavy atom. The zero-order valence-corrected chi connectivity index (χ0v) is 6.96. The summed E-state index contributed by atoms with van der Waals surface area (Å²) >= 11 is 0. The van der Waals surface area contributed by atoms with E-state index in [0.29, 0.717) is 11.8 Å². The minimum atomic E-state index is -0.191. The van der Waals surface area contributed by atoms with E-state index in [4.69, 9.17) is 0 Å². The van der Waals surface area contributed by atoms with E-state index in [9.17, 15) is 5.11 Å². The Morgan fingerprint density at radius 2 is 2.10 bits per heavy atom. The van der Waals surface area contributed by atoms with E-state index in [1.54, 1.807) is 0 Å². The number of allylic oxidation sites excluding steroid dienone is 1. The predicted octanol–water partition coefficient (Wildman–Crippen LogP) is 1.97. The van der Waals surface area contributed by atoms with Crippen LogP contribution in [0.4, 0.5) is 0 Å². The quantitative estimate of drug-likeness (QED) is 0.510. The zero-order valence-electron chi connectivity index (χ0n) is 6.96. The molecule has 3 atom stereocenters. The zero-order chi connectivity index (χ0) is 7.72. The van der Waals surface area contributed by atoms with Crippen molar-refractivity contribution in [3.8, 4) is 0 Å². The van der Waals surface area contributed by atoms with Gasteiger partial charge in [0.2, 0.25) is 0 Å². The first-order valence-corrected chi connectivity index (χ1v) is 3.97. The lowest BCUT2D eigenvalue weighted by Crippen LogP contribution is -2.28. The van der Waals surface area contributed by atoms with E-state index in [-0.39, 0.29) is 6.10 Å². The van der Waals surface area contributed by atoms with Crippen LogP contribution in [0.25, 0.3) is 0 Å². The summed E-state index contributed by atoms with van der Waals surface area (Å²) in [5.74, 6) is 1.07. The highest BCUT2D eigenvalue weighted by molar-refractivity contribution is 5.10. The molecule has 0 saturated heterocycles. The van der Waals surface area contributed by atoms with Crippen LogP contribution in [0.2, 0.25) is 0 Å². The lowest BCUT2D eigenvalue weighted by atomic mass is 9.80. The second kappa shape index (κ2) is 2.75. The summed E-state index contributed by atoms with van der Waals surface area (Å²) in [6, 6.07) is 0. The molecule has 1 rings (SSSR count). The Morgan fingerprint density at radius 1 is 1.50 bits per heavy atom. The van der Waals surface area contributed by atoms with Crippen LogP contribution >= 0.6 is 0 Å². The predicted molar refractivity (Wildman–Crippen MR) is 42.7 cm³/mol. The van der Waals surface area contributed by atoms with Crippen molar-refractivity contribution in [1.29, 1.82) is 0 Å². The Balaban J connectivity index is 2.71. The van der Waals surface area contributed by atoms with Crippen LogP contribution in [-0.4, -0.2) is 11.2 Å². The second-order valence-corrected chi connectivity index (χ2v) is 3.47. The maximum Gasteiger partial charge on any atom is 0.0775 e. The Labute approximate surface area is 62.8 Å². The highest BCUT2D eigenvalue weighted by atomic mass is 16.3. The van der Waals surface area contributed by atoms with Gasteiger partial charge in [-0.05, 0) is 30.8 Å². The molecule has 0 aromatic carbocycles. The maximum atomic E-state index is 9.55. The Bertz CT molecular complexity index is 149. The summed E-state index contributed by atoms with van der Waals surface area (Å²) in [5, 5.41) is 9.55. The number of hydrogen-bond donors (Lipinski definition) is 1. The van der Waals surface area contributed by atoms with Gasteiger partial charge in [-0.3, -0.25) is 0 Å². The molecule has 1 heteroatoms. The van der Waals surface area contributed by atoms with Gasteiger partial charge >= 0.3 is 0 Å². The first kappa shape index (κ1) is 7.80. The maximum absolute atomic E-state index is 9.55. The van der Waals surface area contributed by atoms with Gasteiger partial charge in [0.1, 0.15) is 0 Å². The fraction of sp³-hybridized carbons (Fsp3) is 0.778. The molecule has 0 radical (unpaired) electrons. The van der Waals surface area contributed by atoms with Gasteiger partial charge in [-0.15, -0.1) is 0 Å². The monoisotopic (exact) mass is 140 g/mol. The number of rotatable bonds is 0. The highest BCUT2D eigenvalue weighted by Gasteiger charge is 2.24. The van der Waals surface area contributed by atoms with Crippen molar-refractivity contribution in [3.05, 3.63) is 11.6 Å². The van der Waals surface area contributed by atoms with Gasteiger partial charge in [0, 0.05) is 0 Å². The van der Waals surface area contributed by atoms with Gasteiger partial charge in [0.05, 0.1) is 6.10 Å². The molecule has 1 aliphatic carbocycles. The summed E-state index contributed by atoms with van der Waals surface area (Å²) in [7, 11) is 0. The molecule has 58 valence electrons. The molecule has 0 amide bonds. The number of aliphatic hydroxyl groups excluding tert-OH is 1. The third-order valence-electron chi connectivity index (χ3n) is 2.67. The fourth-order valence-corrected chi connectivity index (χ4v) is 1.43. The average molecular weight is 140 g/mol. The van der Waals surface area contributed by atoms with E-state index in [1.807, 2.05) is 6.92 Å². The van der Waals surface area contributed by atoms with E-state index in [1.165, 1.54) is 0 Å². The molecule has 0 spiro atoms. The lowest BCUT2D eigenvalue weighted by molar-refractivity contribution is 0.109. The van der Waals surface area contributed by atoms with Crippen LogP contribution in [0.3, 0.4) is 0 Å². The summed E-state index contributed by atoms with van der Waals surface area (Å²) in [6.45, 7) is 6.32. The van der Waals surface area contributed by atoms with E-state index < -0.39 is 0 Å². The molecule has 0 aliphatic heterocycles. The second-order valence-electron chi connectivity index (χ2n) is 3.47. The van der Waals surface area contributed by atoms with Crippen molar-refractivity contribution in [3.63, 3.8) is 0 Å². The summed E-state index contributed by atoms with van der Waals surface area (Å²) in [4.78, 5) is 0. The Kier molecular flexibility index (Phi) is 2.14. The van der Waals surface area contributed by atoms with Crippen LogP contribution in [-0.2, 0) is 0 Å². The standard InChI is InChI=1S/C9H16O/c1-6-4-5-7(2)9(10)8(6)3/h5-6,8-10H,4H2,1-3H3/t6-,8-,9+/m1/s1. The van der Waals surface area contributed by atoms with Gasteiger partial charge in [-0.2, -0.15) is 0 Å². The molecule has 0 bridgehead atoms. The smallest absolute Gasteiger partial charge is 0.0775 e. The molecular formula is C9H16O. The summed E-state index contributed by atoms with van der Waals surface area (Å²) < 4.78 is 0. The number of hydrogen-bond acceptors (Lipinski definition) is 1. The van der Waals surface area contributed by atoms with Crippen molar-refractivity contribution >= 4 is 0 Å². The average Bonchev–Trinajstić information content (AvgIpc) is 1.93. The van der Waals surface area contributed by atoms with Gasteiger partial charge in [0.15, 0.2) is 0 Å². The third-order valence-corrected chi connectivity index (χ3v) is 2.67. The van der Waals surface area contributed by atoms with E-state index in [2.05, 4.69) is 19.9 Å². The first-order valence-electron chi connectivity index (χ1n) is 3.97. The normalized spacial score (nSPS) is 41.2. The van der Waals surface area contributed by atoms with Gasteiger partial charge in [-0.1, -0.05) is 19.9 Å². The van der Waals surface area contributed by atoms with Crippen LogP contribution in [0.15, 0.2) is 11.6 Å². The molecule has 0 aromatic rings. The molecular weight excluding hydrogens is 124 g/mol. The molecule has 1 nitrogen and oxygen atoms in total. The molecule has 0 aromatic heterocycles. The van der Waals surface area contributed by atoms with Crippen molar-refractivity contribution < 1.29 is 5.11 Å². The van der Waals surface area contributed by atoms with Gasteiger partial charge < -0.3 is 5.11 Å². The van der Waals surface area contributed by atoms with Crippen molar-refractivity contribution in [2.24, 2.45) is 11.8 Å². The molecule has 0 unspecified atom stereocenters. The van der Waals surface area contributed by atoms with Crippen molar-refractivity contribution in [2.45, 2.75) is 33.3 Å². The highest BCUT2D eigenvalue weighted by Crippen LogP contribution is 2.28. The SMILES string of the molecule is CC1=CC[C@@H](C)[C@@H](C)[C@H]1O. The van der Waals surface area contributed by atoms with Gasteiger partial charge in [-0.25, -0.2) is 0 Å². The van der Waals surface area contributed by atoms with Crippen molar-refractivity contribution in [1.82, 2.24) is 0 Å². The van der Waals surface area contributed by atoms with Crippen LogP contribution in [0, 0.1) is 11.8 Å². The van der Waals surface area contributed by atoms with Gasteiger partial charge in [0.25, 0.3) is 0 Å². The van der Waals surface area contributed by atoms with Crippen LogP contribution in [0.1, 0.15) is 27.2 Å². The van der Waals surface area contributed by atoms with E-state index >= 15 is 0 Å². The molecule has 1 N–H and O–H groups in total. The molecule has 0 heterocycles. The topological polar surface area (TPSA) is 20.2 Å².